The summed E-state index contributed by atoms with van der Waals surface area (Å²) in [6.07, 6.45) is -4.63. The first kappa shape index (κ1) is 20.1. The number of halogens is 5. The van der Waals surface area contributed by atoms with Crippen molar-refractivity contribution in [2.75, 3.05) is 5.32 Å². The van der Waals surface area contributed by atoms with Gasteiger partial charge in [0.15, 0.2) is 5.75 Å². The third-order valence-electron chi connectivity index (χ3n) is 3.90. The average molecular weight is 436 g/mol. The summed E-state index contributed by atoms with van der Waals surface area (Å²) in [6.45, 7) is 1.07. The van der Waals surface area contributed by atoms with Gasteiger partial charge in [-0.15, -0.1) is 0 Å². The van der Waals surface area contributed by atoms with Crippen LogP contribution in [0.4, 0.5) is 18.9 Å². The summed E-state index contributed by atoms with van der Waals surface area (Å²) in [4.78, 5) is 23.3. The fourth-order valence-electron chi connectivity index (χ4n) is 2.34. The molecule has 2 aromatic rings. The molecule has 148 valence electrons. The minimum absolute atomic E-state index is 0.0128. The number of carbonyl (C=O) groups excluding carboxylic acids is 1. The summed E-state index contributed by atoms with van der Waals surface area (Å²) in [5, 5.41) is 10.9. The number of aliphatic carboxylic acids is 1. The number of ether oxygens (including phenoxy) is 2. The highest BCUT2D eigenvalue weighted by molar-refractivity contribution is 6.37. The number of amides is 1. The molecule has 28 heavy (non-hydrogen) atoms. The molecule has 3 rings (SSSR count). The van der Waals surface area contributed by atoms with Crippen LogP contribution in [0.5, 0.6) is 17.2 Å². The topological polar surface area (TPSA) is 84.9 Å². The Balaban J connectivity index is 1.94. The zero-order valence-electron chi connectivity index (χ0n) is 13.9. The molecule has 1 heterocycles. The number of rotatable bonds is 3. The smallest absolute Gasteiger partial charge is 0.416 e. The standard InChI is InChI=1S/C17H10Cl2F3NO5/c1-16(15(25)26)14(24)23-11-3-2-8(6-12(11)28-16)27-13-9(18)4-7(5-10(13)19)17(20,21)22/h2-6H,1H3,(H,23,24)(H,25,26). The predicted molar refractivity (Wildman–Crippen MR) is 93.3 cm³/mol. The van der Waals surface area contributed by atoms with Gasteiger partial charge in [-0.1, -0.05) is 23.2 Å². The van der Waals surface area contributed by atoms with E-state index >= 15 is 0 Å². The van der Waals surface area contributed by atoms with Crippen LogP contribution in [0, 0.1) is 0 Å². The first-order chi connectivity index (χ1) is 12.9. The van der Waals surface area contributed by atoms with Gasteiger partial charge in [-0.2, -0.15) is 13.2 Å². The molecule has 0 fully saturated rings. The van der Waals surface area contributed by atoms with E-state index in [-0.39, 0.29) is 33.0 Å². The molecular formula is C17H10Cl2F3NO5. The Kier molecular flexibility index (Phi) is 4.84. The molecule has 1 amide bonds. The van der Waals surface area contributed by atoms with E-state index in [1.54, 1.807) is 0 Å². The van der Waals surface area contributed by atoms with Crippen molar-refractivity contribution in [3.8, 4) is 17.2 Å². The number of nitrogens with one attached hydrogen (secondary N) is 1. The summed E-state index contributed by atoms with van der Waals surface area (Å²) >= 11 is 11.7. The van der Waals surface area contributed by atoms with Crippen LogP contribution in [0.25, 0.3) is 0 Å². The molecule has 0 saturated heterocycles. The van der Waals surface area contributed by atoms with Crippen molar-refractivity contribution in [1.29, 1.82) is 0 Å². The van der Waals surface area contributed by atoms with Gasteiger partial charge in [0, 0.05) is 6.07 Å². The van der Waals surface area contributed by atoms with Crippen LogP contribution < -0.4 is 14.8 Å². The minimum Gasteiger partial charge on any atom is -0.478 e. The maximum atomic E-state index is 12.8. The Hall–Kier alpha value is -2.65. The van der Waals surface area contributed by atoms with Crippen molar-refractivity contribution >= 4 is 40.8 Å². The Bertz CT molecular complexity index is 972. The second-order valence-corrected chi connectivity index (χ2v) is 6.74. The fourth-order valence-corrected chi connectivity index (χ4v) is 2.91. The molecule has 1 unspecified atom stereocenters. The summed E-state index contributed by atoms with van der Waals surface area (Å²) < 4.78 is 49.2. The van der Waals surface area contributed by atoms with Crippen LogP contribution in [0.3, 0.4) is 0 Å². The Morgan fingerprint density at radius 2 is 1.82 bits per heavy atom. The summed E-state index contributed by atoms with van der Waals surface area (Å²) in [5.74, 6) is -2.56. The molecule has 0 aliphatic carbocycles. The van der Waals surface area contributed by atoms with Crippen LogP contribution in [0.2, 0.25) is 10.0 Å². The molecule has 0 saturated carbocycles. The number of benzene rings is 2. The lowest BCUT2D eigenvalue weighted by Gasteiger charge is -2.31. The maximum absolute atomic E-state index is 12.8. The van der Waals surface area contributed by atoms with Crippen molar-refractivity contribution < 1.29 is 37.3 Å². The lowest BCUT2D eigenvalue weighted by atomic mass is 10.0. The van der Waals surface area contributed by atoms with E-state index in [4.69, 9.17) is 32.7 Å². The lowest BCUT2D eigenvalue weighted by Crippen LogP contribution is -2.54. The molecule has 2 N–H and O–H groups in total. The van der Waals surface area contributed by atoms with E-state index in [1.165, 1.54) is 18.2 Å². The van der Waals surface area contributed by atoms with E-state index < -0.39 is 29.2 Å². The van der Waals surface area contributed by atoms with Crippen molar-refractivity contribution in [2.45, 2.75) is 18.7 Å². The summed E-state index contributed by atoms with van der Waals surface area (Å²) in [7, 11) is 0. The average Bonchev–Trinajstić information content (AvgIpc) is 2.58. The third-order valence-corrected chi connectivity index (χ3v) is 4.46. The van der Waals surface area contributed by atoms with Gasteiger partial charge in [0.2, 0.25) is 0 Å². The number of carbonyl (C=O) groups is 2. The highest BCUT2D eigenvalue weighted by atomic mass is 35.5. The highest BCUT2D eigenvalue weighted by Gasteiger charge is 2.47. The summed E-state index contributed by atoms with van der Waals surface area (Å²) in [6, 6.07) is 5.32. The molecule has 1 aliphatic heterocycles. The number of carboxylic acid groups (broad SMARTS) is 1. The Labute approximate surface area is 165 Å². The number of hydrogen-bond donors (Lipinski definition) is 2. The normalized spacial score (nSPS) is 18.7. The number of carboxylic acids is 1. The van der Waals surface area contributed by atoms with Gasteiger partial charge in [0.1, 0.15) is 11.5 Å². The van der Waals surface area contributed by atoms with Gasteiger partial charge in [-0.05, 0) is 31.2 Å². The number of hydrogen-bond acceptors (Lipinski definition) is 4. The third kappa shape index (κ3) is 3.55. The monoisotopic (exact) mass is 435 g/mol. The van der Waals surface area contributed by atoms with Crippen molar-refractivity contribution in [1.82, 2.24) is 0 Å². The zero-order valence-corrected chi connectivity index (χ0v) is 15.4. The largest absolute Gasteiger partial charge is 0.478 e. The second kappa shape index (κ2) is 6.75. The quantitative estimate of drug-likeness (QED) is 0.664. The lowest BCUT2D eigenvalue weighted by molar-refractivity contribution is -0.159. The van der Waals surface area contributed by atoms with Crippen molar-refractivity contribution in [3.05, 3.63) is 45.9 Å². The molecule has 1 aliphatic rings. The van der Waals surface area contributed by atoms with E-state index in [2.05, 4.69) is 5.32 Å². The first-order valence-electron chi connectivity index (χ1n) is 7.54. The van der Waals surface area contributed by atoms with Gasteiger partial charge in [-0.25, -0.2) is 4.79 Å². The Morgan fingerprint density at radius 1 is 1.21 bits per heavy atom. The van der Waals surface area contributed by atoms with Crippen LogP contribution in [0.1, 0.15) is 12.5 Å². The van der Waals surface area contributed by atoms with E-state index in [0.29, 0.717) is 12.1 Å². The first-order valence-corrected chi connectivity index (χ1v) is 8.29. The molecular weight excluding hydrogens is 426 g/mol. The number of fused-ring (bicyclic) bond motifs is 1. The fraction of sp³-hybridized carbons (Fsp3) is 0.176. The van der Waals surface area contributed by atoms with Crippen LogP contribution in [0.15, 0.2) is 30.3 Å². The zero-order chi connectivity index (χ0) is 20.9. The van der Waals surface area contributed by atoms with Gasteiger partial charge in [0.05, 0.1) is 21.3 Å². The van der Waals surface area contributed by atoms with Gasteiger partial charge < -0.3 is 19.9 Å². The molecule has 6 nitrogen and oxygen atoms in total. The number of anilines is 1. The van der Waals surface area contributed by atoms with Crippen molar-refractivity contribution in [2.24, 2.45) is 0 Å². The van der Waals surface area contributed by atoms with Gasteiger partial charge in [0.25, 0.3) is 11.5 Å². The summed E-state index contributed by atoms with van der Waals surface area (Å²) in [5.41, 5.74) is -3.00. The van der Waals surface area contributed by atoms with Crippen LogP contribution in [-0.4, -0.2) is 22.6 Å². The SMILES string of the molecule is CC1(C(=O)O)Oc2cc(Oc3c(Cl)cc(C(F)(F)F)cc3Cl)ccc2NC1=O. The molecule has 2 aromatic carbocycles. The molecule has 0 aromatic heterocycles. The highest BCUT2D eigenvalue weighted by Crippen LogP contribution is 2.43. The molecule has 0 bridgehead atoms. The maximum Gasteiger partial charge on any atom is 0.416 e. The second-order valence-electron chi connectivity index (χ2n) is 5.92. The van der Waals surface area contributed by atoms with E-state index in [1.807, 2.05) is 0 Å². The van der Waals surface area contributed by atoms with Crippen LogP contribution in [-0.2, 0) is 15.8 Å². The van der Waals surface area contributed by atoms with Gasteiger partial charge in [-0.3, -0.25) is 4.79 Å². The van der Waals surface area contributed by atoms with E-state index in [9.17, 15) is 27.9 Å². The number of alkyl halides is 3. The Morgan fingerprint density at radius 3 is 2.36 bits per heavy atom. The predicted octanol–water partition coefficient (Wildman–Crippen LogP) is 4.98. The molecule has 11 heteroatoms. The molecule has 0 spiro atoms. The minimum atomic E-state index is -4.63. The molecule has 1 atom stereocenters. The van der Waals surface area contributed by atoms with E-state index in [0.717, 1.165) is 6.92 Å². The van der Waals surface area contributed by atoms with Gasteiger partial charge >= 0.3 is 12.1 Å². The van der Waals surface area contributed by atoms with Crippen LogP contribution >= 0.6 is 23.2 Å². The van der Waals surface area contributed by atoms with Crippen molar-refractivity contribution in [3.63, 3.8) is 0 Å². The molecule has 0 radical (unpaired) electrons.